The van der Waals surface area contributed by atoms with Crippen LogP contribution in [0.3, 0.4) is 0 Å². The number of carbonyl (C=O) groups excluding carboxylic acids is 1. The number of alkyl halides is 3. The molecule has 4 aromatic rings. The van der Waals surface area contributed by atoms with Crippen LogP contribution in [0.25, 0.3) is 21.7 Å². The Kier molecular flexibility index (Phi) is 6.23. The Morgan fingerprint density at radius 1 is 1.13 bits per heavy atom. The van der Waals surface area contributed by atoms with E-state index in [1.54, 1.807) is 0 Å². The summed E-state index contributed by atoms with van der Waals surface area (Å²) >= 11 is 2.44. The van der Waals surface area contributed by atoms with E-state index in [9.17, 15) is 18.0 Å². The van der Waals surface area contributed by atoms with Crippen LogP contribution in [0.2, 0.25) is 0 Å². The molecule has 0 unspecified atom stereocenters. The molecule has 4 rings (SSSR count). The molecule has 2 heterocycles. The van der Waals surface area contributed by atoms with Gasteiger partial charge in [-0.25, -0.2) is 4.98 Å². The lowest BCUT2D eigenvalue weighted by Gasteiger charge is -2.04. The van der Waals surface area contributed by atoms with E-state index in [-0.39, 0.29) is 11.7 Å². The van der Waals surface area contributed by atoms with Crippen molar-refractivity contribution in [2.45, 2.75) is 17.8 Å². The zero-order chi connectivity index (χ0) is 21.8. The second-order valence-electron chi connectivity index (χ2n) is 6.42. The monoisotopic (exact) mass is 464 g/mol. The van der Waals surface area contributed by atoms with Crippen molar-refractivity contribution in [2.24, 2.45) is 0 Å². The molecule has 0 saturated carbocycles. The smallest absolute Gasteiger partial charge is 0.411 e. The number of nitrogens with one attached hydrogen (secondary N) is 1. The van der Waals surface area contributed by atoms with E-state index in [1.807, 2.05) is 30.3 Å². The van der Waals surface area contributed by atoms with Gasteiger partial charge < -0.3 is 9.73 Å². The maximum atomic E-state index is 12.8. The number of thioether (sulfide) groups is 1. The molecule has 0 aliphatic heterocycles. The summed E-state index contributed by atoms with van der Waals surface area (Å²) < 4.78 is 44.6. The van der Waals surface area contributed by atoms with Crippen LogP contribution in [0.4, 0.5) is 13.2 Å². The van der Waals surface area contributed by atoms with Crippen LogP contribution in [0.15, 0.2) is 58.2 Å². The van der Waals surface area contributed by atoms with Crippen molar-refractivity contribution >= 4 is 39.2 Å². The highest BCUT2D eigenvalue weighted by atomic mass is 32.2. The Morgan fingerprint density at radius 2 is 1.94 bits per heavy atom. The Bertz CT molecular complexity index is 1190. The van der Waals surface area contributed by atoms with Crippen LogP contribution in [0.1, 0.15) is 10.6 Å². The molecule has 2 aromatic carbocycles. The van der Waals surface area contributed by atoms with Gasteiger partial charge in [0.2, 0.25) is 11.8 Å². The third kappa shape index (κ3) is 5.42. The van der Waals surface area contributed by atoms with E-state index >= 15 is 0 Å². The molecule has 0 fully saturated rings. The van der Waals surface area contributed by atoms with Gasteiger partial charge in [0.05, 0.1) is 26.5 Å². The molecule has 2 aromatic heterocycles. The summed E-state index contributed by atoms with van der Waals surface area (Å²) in [6.45, 7) is 0.324. The van der Waals surface area contributed by atoms with Gasteiger partial charge in [0.15, 0.2) is 0 Å². The molecule has 1 N–H and O–H groups in total. The molecular weight excluding hydrogens is 449 g/mol. The Morgan fingerprint density at radius 3 is 2.71 bits per heavy atom. The van der Waals surface area contributed by atoms with Gasteiger partial charge in [-0.1, -0.05) is 30.0 Å². The summed E-state index contributed by atoms with van der Waals surface area (Å²) in [5, 5.41) is 11.6. The first-order chi connectivity index (χ1) is 14.9. The van der Waals surface area contributed by atoms with Crippen molar-refractivity contribution in [1.82, 2.24) is 20.5 Å². The van der Waals surface area contributed by atoms with Crippen LogP contribution in [-0.2, 0) is 17.4 Å². The minimum Gasteiger partial charge on any atom is -0.411 e. The highest BCUT2D eigenvalue weighted by Gasteiger charge is 2.30. The number of rotatable bonds is 7. The van der Waals surface area contributed by atoms with Crippen LogP contribution in [0, 0.1) is 0 Å². The van der Waals surface area contributed by atoms with Crippen molar-refractivity contribution in [3.8, 4) is 11.5 Å². The van der Waals surface area contributed by atoms with Crippen LogP contribution >= 0.6 is 23.1 Å². The van der Waals surface area contributed by atoms with Crippen molar-refractivity contribution in [3.05, 3.63) is 59.1 Å². The molecule has 11 heteroatoms. The maximum Gasteiger partial charge on any atom is 0.416 e. The number of hydrogen-bond donors (Lipinski definition) is 1. The highest BCUT2D eigenvalue weighted by Crippen LogP contribution is 2.33. The number of nitrogens with zero attached hydrogens (tertiary/aromatic N) is 3. The first-order valence-electron chi connectivity index (χ1n) is 9.13. The quantitative estimate of drug-likeness (QED) is 0.395. The van der Waals surface area contributed by atoms with Gasteiger partial charge in [-0.15, -0.1) is 21.5 Å². The minimum absolute atomic E-state index is 0.102. The number of hydrogen-bond acceptors (Lipinski definition) is 7. The van der Waals surface area contributed by atoms with E-state index in [0.717, 1.165) is 29.5 Å². The fourth-order valence-corrected chi connectivity index (χ4v) is 4.25. The fourth-order valence-electron chi connectivity index (χ4n) is 2.71. The second-order valence-corrected chi connectivity index (χ2v) is 8.46. The van der Waals surface area contributed by atoms with Crippen molar-refractivity contribution in [3.63, 3.8) is 0 Å². The third-order valence-corrected chi connectivity index (χ3v) is 6.09. The molecule has 6 nitrogen and oxygen atoms in total. The molecular formula is C20H15F3N4O2S2. The molecule has 0 saturated heterocycles. The molecule has 0 bridgehead atoms. The van der Waals surface area contributed by atoms with Crippen molar-refractivity contribution < 1.29 is 22.4 Å². The zero-order valence-electron chi connectivity index (χ0n) is 15.8. The van der Waals surface area contributed by atoms with E-state index in [2.05, 4.69) is 20.5 Å². The summed E-state index contributed by atoms with van der Waals surface area (Å²) in [6.07, 6.45) is -3.97. The molecule has 31 heavy (non-hydrogen) atoms. The number of amides is 1. The highest BCUT2D eigenvalue weighted by molar-refractivity contribution is 7.99. The fraction of sp³-hybridized carbons (Fsp3) is 0.200. The molecule has 0 radical (unpaired) electrons. The number of aromatic nitrogens is 3. The number of fused-ring (bicyclic) bond motifs is 1. The van der Waals surface area contributed by atoms with E-state index in [0.29, 0.717) is 39.3 Å². The van der Waals surface area contributed by atoms with Gasteiger partial charge >= 0.3 is 6.18 Å². The SMILES string of the molecule is O=C(CSc1nnc(-c2ccccc2)o1)NCCc1nc2cc(C(F)(F)F)ccc2s1. The first-order valence-corrected chi connectivity index (χ1v) is 10.9. The summed E-state index contributed by atoms with van der Waals surface area (Å²) in [5.41, 5.74) is 0.380. The lowest BCUT2D eigenvalue weighted by atomic mass is 10.2. The Labute approximate surface area is 182 Å². The molecule has 160 valence electrons. The second kappa shape index (κ2) is 9.06. The van der Waals surface area contributed by atoms with Crippen molar-refractivity contribution in [2.75, 3.05) is 12.3 Å². The summed E-state index contributed by atoms with van der Waals surface area (Å²) in [5.74, 6) is 0.267. The molecule has 0 aliphatic carbocycles. The summed E-state index contributed by atoms with van der Waals surface area (Å²) in [4.78, 5) is 16.3. The largest absolute Gasteiger partial charge is 0.416 e. The number of thiazole rings is 1. The average molecular weight is 464 g/mol. The molecule has 1 amide bonds. The van der Waals surface area contributed by atoms with Gasteiger partial charge in [-0.3, -0.25) is 4.79 Å². The molecule has 0 atom stereocenters. The Hall–Kier alpha value is -2.92. The number of halogens is 3. The topological polar surface area (TPSA) is 80.9 Å². The van der Waals surface area contributed by atoms with Gasteiger partial charge in [-0.05, 0) is 30.3 Å². The van der Waals surface area contributed by atoms with E-state index in [4.69, 9.17) is 4.42 Å². The van der Waals surface area contributed by atoms with E-state index in [1.165, 1.54) is 17.4 Å². The van der Waals surface area contributed by atoms with Gasteiger partial charge in [-0.2, -0.15) is 13.2 Å². The average Bonchev–Trinajstić information content (AvgIpc) is 3.38. The first kappa shape index (κ1) is 21.3. The lowest BCUT2D eigenvalue weighted by molar-refractivity contribution is -0.137. The zero-order valence-corrected chi connectivity index (χ0v) is 17.5. The van der Waals surface area contributed by atoms with E-state index < -0.39 is 11.7 Å². The maximum absolute atomic E-state index is 12.8. The predicted molar refractivity (Wildman–Crippen MR) is 112 cm³/mol. The summed E-state index contributed by atoms with van der Waals surface area (Å²) in [6, 6.07) is 12.8. The van der Waals surface area contributed by atoms with Crippen LogP contribution in [-0.4, -0.2) is 33.4 Å². The lowest BCUT2D eigenvalue weighted by Crippen LogP contribution is -2.27. The predicted octanol–water partition coefficient (Wildman–Crippen LogP) is 4.82. The summed E-state index contributed by atoms with van der Waals surface area (Å²) in [7, 11) is 0. The third-order valence-electron chi connectivity index (χ3n) is 4.17. The standard InChI is InChI=1S/C20H15F3N4O2S2/c21-20(22,23)13-6-7-15-14(10-13)25-17(31-15)8-9-24-16(28)11-30-19-27-26-18(29-19)12-4-2-1-3-5-12/h1-7,10H,8-9,11H2,(H,24,28). The van der Waals surface area contributed by atoms with Crippen LogP contribution < -0.4 is 5.32 Å². The minimum atomic E-state index is -4.40. The number of benzene rings is 2. The van der Waals surface area contributed by atoms with Crippen LogP contribution in [0.5, 0.6) is 0 Å². The van der Waals surface area contributed by atoms with Gasteiger partial charge in [0.1, 0.15) is 0 Å². The number of carbonyl (C=O) groups is 1. The Balaban J connectivity index is 1.25. The molecule has 0 spiro atoms. The van der Waals surface area contributed by atoms with Crippen molar-refractivity contribution in [1.29, 1.82) is 0 Å². The molecule has 0 aliphatic rings. The van der Waals surface area contributed by atoms with Gasteiger partial charge in [0.25, 0.3) is 5.22 Å². The van der Waals surface area contributed by atoms with Gasteiger partial charge in [0, 0.05) is 18.5 Å². The normalized spacial score (nSPS) is 11.7.